The number of nitrogens with one attached hydrogen (secondary N) is 3. The van der Waals surface area contributed by atoms with Gasteiger partial charge in [0.2, 0.25) is 5.88 Å². The molecule has 0 saturated heterocycles. The summed E-state index contributed by atoms with van der Waals surface area (Å²) >= 11 is 4.95. The minimum absolute atomic E-state index is 0.144. The molecule has 23 heavy (non-hydrogen) atoms. The van der Waals surface area contributed by atoms with Gasteiger partial charge in [-0.15, -0.1) is 0 Å². The summed E-state index contributed by atoms with van der Waals surface area (Å²) in [6.07, 6.45) is 0.431. The van der Waals surface area contributed by atoms with Gasteiger partial charge in [0.15, 0.2) is 4.77 Å². The molecule has 1 amide bonds. The number of hydrogen-bond acceptors (Lipinski definition) is 4. The molecule has 0 atom stereocenters. The third kappa shape index (κ3) is 3.19. The van der Waals surface area contributed by atoms with Gasteiger partial charge in [-0.25, -0.2) is 0 Å². The van der Waals surface area contributed by atoms with E-state index in [0.717, 1.165) is 5.56 Å². The number of aromatic amines is 2. The van der Waals surface area contributed by atoms with Crippen molar-refractivity contribution in [3.63, 3.8) is 0 Å². The Morgan fingerprint density at radius 3 is 2.91 bits per heavy atom. The molecule has 0 spiro atoms. The monoisotopic (exact) mass is 331 g/mol. The number of fused-ring (bicyclic) bond motifs is 2. The molecule has 0 fully saturated rings. The fourth-order valence-electron chi connectivity index (χ4n) is 2.38. The molecular formula is C16H17N3O3S. The minimum Gasteiger partial charge on any atom is -0.440 e. The highest BCUT2D eigenvalue weighted by Crippen LogP contribution is 2.33. The highest BCUT2D eigenvalue weighted by Gasteiger charge is 2.21. The molecular weight excluding hydrogens is 314 g/mol. The number of amides is 1. The van der Waals surface area contributed by atoms with Crippen molar-refractivity contribution in [2.75, 3.05) is 6.54 Å². The summed E-state index contributed by atoms with van der Waals surface area (Å²) in [6.45, 7) is 4.68. The lowest BCUT2D eigenvalue weighted by atomic mass is 10.0. The fourth-order valence-corrected chi connectivity index (χ4v) is 2.56. The zero-order chi connectivity index (χ0) is 16.6. The van der Waals surface area contributed by atoms with E-state index in [4.69, 9.17) is 17.0 Å². The Kier molecular flexibility index (Phi) is 4.04. The molecule has 3 N–H and O–H groups in total. The lowest BCUT2D eigenvalue weighted by molar-refractivity contribution is 0.0948. The van der Waals surface area contributed by atoms with E-state index in [1.54, 1.807) is 12.1 Å². The topological polar surface area (TPSA) is 87.0 Å². The summed E-state index contributed by atoms with van der Waals surface area (Å²) < 4.78 is 5.94. The molecule has 1 aromatic heterocycles. The standard InChI is InChI=1S/C16H17N3O3S/c1-8(2)7-17-13(20)10-4-3-9-5-11-14(21)18-16(23)19-15(11)22-12(9)6-10/h3-4,6,8H,5,7H2,1-2H3,(H,17,20)(H2,18,19,21,23). The summed E-state index contributed by atoms with van der Waals surface area (Å²) in [7, 11) is 0. The second-order valence-electron chi connectivity index (χ2n) is 5.92. The Morgan fingerprint density at radius 1 is 1.39 bits per heavy atom. The van der Waals surface area contributed by atoms with Crippen molar-refractivity contribution in [3.8, 4) is 11.6 Å². The quantitative estimate of drug-likeness (QED) is 0.644. The number of H-pyrrole nitrogens is 2. The molecule has 0 unspecified atom stereocenters. The van der Waals surface area contributed by atoms with E-state index in [1.807, 2.05) is 19.9 Å². The van der Waals surface area contributed by atoms with Gasteiger partial charge in [0.1, 0.15) is 5.75 Å². The van der Waals surface area contributed by atoms with E-state index < -0.39 is 0 Å². The third-order valence-electron chi connectivity index (χ3n) is 3.58. The summed E-state index contributed by atoms with van der Waals surface area (Å²) in [4.78, 5) is 29.5. The van der Waals surface area contributed by atoms with Gasteiger partial charge >= 0.3 is 0 Å². The van der Waals surface area contributed by atoms with Crippen LogP contribution < -0.4 is 15.6 Å². The van der Waals surface area contributed by atoms with Crippen LogP contribution in [0.25, 0.3) is 0 Å². The van der Waals surface area contributed by atoms with E-state index in [0.29, 0.717) is 41.6 Å². The Morgan fingerprint density at radius 2 is 2.17 bits per heavy atom. The lowest BCUT2D eigenvalue weighted by Crippen LogP contribution is -2.27. The van der Waals surface area contributed by atoms with E-state index in [2.05, 4.69) is 15.3 Å². The van der Waals surface area contributed by atoms with Crippen molar-refractivity contribution >= 4 is 18.1 Å². The van der Waals surface area contributed by atoms with Gasteiger partial charge in [0.25, 0.3) is 11.5 Å². The highest BCUT2D eigenvalue weighted by atomic mass is 32.1. The number of rotatable bonds is 3. The molecule has 1 aromatic carbocycles. The molecule has 0 radical (unpaired) electrons. The first-order valence-electron chi connectivity index (χ1n) is 7.38. The second-order valence-corrected chi connectivity index (χ2v) is 6.33. The van der Waals surface area contributed by atoms with Crippen LogP contribution in [0.4, 0.5) is 0 Å². The second kappa shape index (κ2) is 6.00. The maximum atomic E-state index is 12.1. The van der Waals surface area contributed by atoms with Gasteiger partial charge in [0, 0.05) is 18.5 Å². The summed E-state index contributed by atoms with van der Waals surface area (Å²) in [5.41, 5.74) is 1.63. The molecule has 1 aliphatic heterocycles. The van der Waals surface area contributed by atoms with Crippen molar-refractivity contribution < 1.29 is 9.53 Å². The first-order valence-corrected chi connectivity index (χ1v) is 7.79. The van der Waals surface area contributed by atoms with Crippen LogP contribution in [0.15, 0.2) is 23.0 Å². The number of aromatic nitrogens is 2. The van der Waals surface area contributed by atoms with Crippen LogP contribution in [0.5, 0.6) is 11.6 Å². The van der Waals surface area contributed by atoms with Crippen molar-refractivity contribution in [1.29, 1.82) is 0 Å². The Balaban J connectivity index is 1.90. The average molecular weight is 331 g/mol. The average Bonchev–Trinajstić information content (AvgIpc) is 2.50. The van der Waals surface area contributed by atoms with Gasteiger partial charge in [-0.2, -0.15) is 0 Å². The molecule has 3 rings (SSSR count). The van der Waals surface area contributed by atoms with Gasteiger partial charge in [-0.05, 0) is 35.8 Å². The van der Waals surface area contributed by atoms with Gasteiger partial charge in [0.05, 0.1) is 5.56 Å². The largest absolute Gasteiger partial charge is 0.440 e. The van der Waals surface area contributed by atoms with Crippen molar-refractivity contribution in [2.45, 2.75) is 20.3 Å². The molecule has 1 aliphatic rings. The molecule has 6 nitrogen and oxygen atoms in total. The Bertz CT molecular complexity index is 883. The number of carbonyl (C=O) groups excluding carboxylic acids is 1. The lowest BCUT2D eigenvalue weighted by Gasteiger charge is -2.19. The molecule has 2 aromatic rings. The van der Waals surface area contributed by atoms with Crippen LogP contribution in [0.3, 0.4) is 0 Å². The normalized spacial score (nSPS) is 12.3. The van der Waals surface area contributed by atoms with Gasteiger partial charge in [-0.3, -0.25) is 14.6 Å². The molecule has 7 heteroatoms. The van der Waals surface area contributed by atoms with Crippen LogP contribution in [0.1, 0.15) is 35.3 Å². The summed E-state index contributed by atoms with van der Waals surface area (Å²) in [5.74, 6) is 1.14. The fraction of sp³-hybridized carbons (Fsp3) is 0.312. The minimum atomic E-state index is -0.256. The number of ether oxygens (including phenoxy) is 1. The molecule has 2 heterocycles. The zero-order valence-electron chi connectivity index (χ0n) is 12.9. The van der Waals surface area contributed by atoms with E-state index in [-0.39, 0.29) is 16.2 Å². The molecule has 0 saturated carbocycles. The maximum absolute atomic E-state index is 12.1. The van der Waals surface area contributed by atoms with E-state index >= 15 is 0 Å². The van der Waals surface area contributed by atoms with Crippen LogP contribution in [0.2, 0.25) is 0 Å². The van der Waals surface area contributed by atoms with Gasteiger partial charge in [-0.1, -0.05) is 19.9 Å². The van der Waals surface area contributed by atoms with E-state index in [1.165, 1.54) is 0 Å². The predicted octanol–water partition coefficient (Wildman–Crippen LogP) is 2.51. The molecule has 120 valence electrons. The number of benzene rings is 1. The highest BCUT2D eigenvalue weighted by molar-refractivity contribution is 7.71. The smallest absolute Gasteiger partial charge is 0.259 e. The summed E-state index contributed by atoms with van der Waals surface area (Å²) in [6, 6.07) is 5.23. The van der Waals surface area contributed by atoms with Crippen LogP contribution in [0, 0.1) is 10.7 Å². The molecule has 0 bridgehead atoms. The van der Waals surface area contributed by atoms with Crippen LogP contribution >= 0.6 is 12.2 Å². The Labute approximate surface area is 137 Å². The SMILES string of the molecule is CC(C)CNC(=O)c1ccc2c(c1)Oc1[nH]c(=S)[nH]c(=O)c1C2. The first-order chi connectivity index (χ1) is 10.9. The third-order valence-corrected chi connectivity index (χ3v) is 3.79. The maximum Gasteiger partial charge on any atom is 0.259 e. The zero-order valence-corrected chi connectivity index (χ0v) is 13.7. The van der Waals surface area contributed by atoms with E-state index in [9.17, 15) is 9.59 Å². The Hall–Kier alpha value is -2.41. The first kappa shape index (κ1) is 15.5. The van der Waals surface area contributed by atoms with Crippen molar-refractivity contribution in [2.24, 2.45) is 5.92 Å². The number of hydrogen-bond donors (Lipinski definition) is 3. The van der Waals surface area contributed by atoms with Crippen LogP contribution in [-0.2, 0) is 6.42 Å². The van der Waals surface area contributed by atoms with Crippen molar-refractivity contribution in [1.82, 2.24) is 15.3 Å². The molecule has 0 aliphatic carbocycles. The van der Waals surface area contributed by atoms with Crippen molar-refractivity contribution in [3.05, 3.63) is 50.0 Å². The summed E-state index contributed by atoms with van der Waals surface area (Å²) in [5, 5.41) is 2.87. The number of carbonyl (C=O) groups is 1. The van der Waals surface area contributed by atoms with Crippen LogP contribution in [-0.4, -0.2) is 22.4 Å². The van der Waals surface area contributed by atoms with Gasteiger partial charge < -0.3 is 15.0 Å². The predicted molar refractivity (Wildman–Crippen MR) is 88.7 cm³/mol.